The molecule has 2 aromatic rings. The average Bonchev–Trinajstić information content (AvgIpc) is 2.61. The standard InChI is InChI=1S/C7H4N4O4.Ag/c12-7(13)3-1-4-5(9-10-8-4)2-6(3)11(14)15;/h1-2H,(H2,8,9,10,12,13);/q;+1/p-1. The third kappa shape index (κ3) is 1.94. The number of fused-ring (bicyclic) bond motifs is 1. The Morgan fingerprint density at radius 1 is 1.50 bits per heavy atom. The smallest absolute Gasteiger partial charge is 0.477 e. The van der Waals surface area contributed by atoms with Gasteiger partial charge < -0.3 is 15.3 Å². The number of hydrogen-bond acceptors (Lipinski definition) is 5. The molecule has 0 saturated heterocycles. The zero-order chi connectivity index (χ0) is 11.0. The van der Waals surface area contributed by atoms with Crippen LogP contribution in [0.2, 0.25) is 0 Å². The van der Waals surface area contributed by atoms with E-state index in [9.17, 15) is 14.9 Å². The summed E-state index contributed by atoms with van der Waals surface area (Å²) >= 11 is 0. The molecule has 1 heterocycles. The van der Waals surface area contributed by atoms with Gasteiger partial charge in [0.25, 0.3) is 5.69 Å². The maximum Gasteiger partial charge on any atom is 1.00 e. The van der Waals surface area contributed by atoms with Crippen LogP contribution in [0.25, 0.3) is 11.0 Å². The van der Waals surface area contributed by atoms with Gasteiger partial charge in [0.15, 0.2) is 0 Å². The predicted molar refractivity (Wildman–Crippen MR) is 46.5 cm³/mol. The van der Waals surface area contributed by atoms with Crippen molar-refractivity contribution in [2.45, 2.75) is 0 Å². The van der Waals surface area contributed by atoms with Gasteiger partial charge in [0.2, 0.25) is 0 Å². The van der Waals surface area contributed by atoms with Crippen molar-refractivity contribution in [3.05, 3.63) is 27.8 Å². The second-order valence-corrected chi connectivity index (χ2v) is 2.71. The fraction of sp³-hybridized carbons (Fsp3) is 0. The quantitative estimate of drug-likeness (QED) is 0.477. The Hall–Kier alpha value is -1.77. The molecule has 0 unspecified atom stereocenters. The molecule has 2 rings (SSSR count). The molecule has 0 atom stereocenters. The van der Waals surface area contributed by atoms with Gasteiger partial charge in [-0.05, 0) is 17.1 Å². The normalized spacial score (nSPS) is 9.75. The summed E-state index contributed by atoms with van der Waals surface area (Å²) in [7, 11) is 0. The number of carboxylic acids is 1. The van der Waals surface area contributed by atoms with Crippen LogP contribution in [-0.2, 0) is 22.4 Å². The Morgan fingerprint density at radius 2 is 2.19 bits per heavy atom. The van der Waals surface area contributed by atoms with Crippen molar-refractivity contribution in [2.24, 2.45) is 0 Å². The number of benzene rings is 1. The molecule has 0 aliphatic heterocycles. The Labute approximate surface area is 103 Å². The van der Waals surface area contributed by atoms with Gasteiger partial charge in [-0.25, -0.2) is 4.79 Å². The van der Waals surface area contributed by atoms with Gasteiger partial charge in [-0.3, -0.25) is 15.3 Å². The topological polar surface area (TPSA) is 120 Å². The molecule has 1 aromatic carbocycles. The van der Waals surface area contributed by atoms with E-state index in [1.165, 1.54) is 0 Å². The van der Waals surface area contributed by atoms with E-state index < -0.39 is 22.1 Å². The number of carbonyl (C=O) groups is 1. The van der Waals surface area contributed by atoms with Crippen molar-refractivity contribution in [1.29, 1.82) is 0 Å². The summed E-state index contributed by atoms with van der Waals surface area (Å²) < 4.78 is 0. The summed E-state index contributed by atoms with van der Waals surface area (Å²) in [4.78, 5) is 20.5. The Balaban J connectivity index is 0.00000128. The van der Waals surface area contributed by atoms with Gasteiger partial charge in [-0.15, -0.1) is 0 Å². The van der Waals surface area contributed by atoms with Gasteiger partial charge in [-0.2, -0.15) is 0 Å². The van der Waals surface area contributed by atoms with Gasteiger partial charge in [0.1, 0.15) is 5.56 Å². The second-order valence-electron chi connectivity index (χ2n) is 2.71. The average molecular weight is 315 g/mol. The van der Waals surface area contributed by atoms with Crippen molar-refractivity contribution < 1.29 is 37.2 Å². The molecule has 0 bridgehead atoms. The molecule has 0 fully saturated rings. The van der Waals surface area contributed by atoms with Crippen LogP contribution >= 0.6 is 0 Å². The van der Waals surface area contributed by atoms with E-state index in [0.29, 0.717) is 0 Å². The van der Waals surface area contributed by atoms with E-state index in [4.69, 9.17) is 5.11 Å². The summed E-state index contributed by atoms with van der Waals surface area (Å²) in [5.74, 6) is -1.38. The maximum absolute atomic E-state index is 10.7. The molecule has 0 amide bonds. The fourth-order valence-corrected chi connectivity index (χ4v) is 1.17. The number of aromatic nitrogens is 3. The minimum Gasteiger partial charge on any atom is -0.477 e. The number of carboxylic acid groups (broad SMARTS) is 1. The molecule has 16 heavy (non-hydrogen) atoms. The monoisotopic (exact) mass is 314 g/mol. The van der Waals surface area contributed by atoms with Crippen LogP contribution in [0.5, 0.6) is 0 Å². The molecule has 0 aliphatic rings. The number of nitro groups is 1. The van der Waals surface area contributed by atoms with Crippen LogP contribution in [-0.4, -0.2) is 26.3 Å². The number of aromatic carboxylic acids is 1. The second kappa shape index (κ2) is 4.39. The fourth-order valence-electron chi connectivity index (χ4n) is 1.17. The number of hydrogen-bond donors (Lipinski definition) is 1. The van der Waals surface area contributed by atoms with Gasteiger partial charge >= 0.3 is 28.3 Å². The van der Waals surface area contributed by atoms with E-state index in [2.05, 4.69) is 15.4 Å². The molecule has 1 N–H and O–H groups in total. The first-order valence-electron chi connectivity index (χ1n) is 3.77. The first-order valence-corrected chi connectivity index (χ1v) is 3.77. The third-order valence-corrected chi connectivity index (χ3v) is 1.82. The molecule has 8 nitrogen and oxygen atoms in total. The van der Waals surface area contributed by atoms with Crippen molar-refractivity contribution in [1.82, 2.24) is 15.4 Å². The molecule has 0 saturated carbocycles. The molecule has 1 aromatic heterocycles. The van der Waals surface area contributed by atoms with Gasteiger partial charge in [-0.1, -0.05) is 0 Å². The Bertz CT molecular complexity index is 519. The van der Waals surface area contributed by atoms with Crippen LogP contribution in [0.15, 0.2) is 12.1 Å². The maximum atomic E-state index is 10.7. The Kier molecular flexibility index (Phi) is 3.38. The van der Waals surface area contributed by atoms with E-state index >= 15 is 0 Å². The summed E-state index contributed by atoms with van der Waals surface area (Å²) in [5.41, 5.74) is -0.517. The zero-order valence-electron chi connectivity index (χ0n) is 7.42. The third-order valence-electron chi connectivity index (χ3n) is 1.82. The van der Waals surface area contributed by atoms with Crippen LogP contribution in [0, 0.1) is 10.1 Å². The van der Waals surface area contributed by atoms with Crippen molar-refractivity contribution >= 4 is 22.7 Å². The number of rotatable bonds is 2. The van der Waals surface area contributed by atoms with Crippen LogP contribution in [0.4, 0.5) is 5.69 Å². The SMILES string of the molecule is O=C(O)c1cc2nn[n-]c2cc1[N+](=O)[O-].[Ag+]. The largest absolute Gasteiger partial charge is 1.00 e. The zero-order valence-corrected chi connectivity index (χ0v) is 8.90. The van der Waals surface area contributed by atoms with E-state index in [1.54, 1.807) is 0 Å². The summed E-state index contributed by atoms with van der Waals surface area (Å²) in [5, 5.41) is 29.6. The van der Waals surface area contributed by atoms with E-state index in [0.717, 1.165) is 12.1 Å². The summed E-state index contributed by atoms with van der Waals surface area (Å²) in [6.07, 6.45) is 0. The molecule has 86 valence electrons. The van der Waals surface area contributed by atoms with Gasteiger partial charge in [0, 0.05) is 6.07 Å². The molecule has 0 aliphatic carbocycles. The summed E-state index contributed by atoms with van der Waals surface area (Å²) in [6, 6.07) is 2.12. The van der Waals surface area contributed by atoms with Crippen LogP contribution in [0.3, 0.4) is 0 Å². The number of nitro benzene ring substituents is 1. The first kappa shape index (κ1) is 12.3. The predicted octanol–water partition coefficient (Wildman–Crippen LogP) is 0.191. The number of nitrogens with zero attached hydrogens (tertiary/aromatic N) is 4. The van der Waals surface area contributed by atoms with Crippen LogP contribution in [0.1, 0.15) is 10.4 Å². The van der Waals surface area contributed by atoms with E-state index in [1.807, 2.05) is 0 Å². The molecular formula is C7H3AgN4O4. The van der Waals surface area contributed by atoms with Crippen molar-refractivity contribution in [3.8, 4) is 0 Å². The Morgan fingerprint density at radius 3 is 2.75 bits per heavy atom. The van der Waals surface area contributed by atoms with Crippen molar-refractivity contribution in [2.75, 3.05) is 0 Å². The molecule has 9 heteroatoms. The minimum absolute atomic E-state index is 0. The van der Waals surface area contributed by atoms with Crippen molar-refractivity contribution in [3.63, 3.8) is 0 Å². The van der Waals surface area contributed by atoms with Gasteiger partial charge in [0.05, 0.1) is 4.92 Å². The summed E-state index contributed by atoms with van der Waals surface area (Å²) in [6.45, 7) is 0. The van der Waals surface area contributed by atoms with Crippen LogP contribution < -0.4 is 5.10 Å². The first-order chi connectivity index (χ1) is 7.09. The van der Waals surface area contributed by atoms with E-state index in [-0.39, 0.29) is 33.4 Å². The molecule has 0 spiro atoms. The molecular weight excluding hydrogens is 312 g/mol. The molecule has 0 radical (unpaired) electrons. The minimum atomic E-state index is -1.38.